The van der Waals surface area contributed by atoms with E-state index in [2.05, 4.69) is 197 Å². The lowest BCUT2D eigenvalue weighted by Gasteiger charge is -2.13. The molecule has 5 heteroatoms. The number of fused-ring (bicyclic) bond motifs is 9. The van der Waals surface area contributed by atoms with E-state index in [0.29, 0.717) is 5.95 Å². The van der Waals surface area contributed by atoms with Crippen molar-refractivity contribution in [2.24, 2.45) is 0 Å². The van der Waals surface area contributed by atoms with E-state index < -0.39 is 0 Å². The Morgan fingerprint density at radius 1 is 0.368 bits per heavy atom. The molecule has 0 aliphatic carbocycles. The Morgan fingerprint density at radius 2 is 0.877 bits per heavy atom. The summed E-state index contributed by atoms with van der Waals surface area (Å²) in [5.74, 6) is 0.685. The van der Waals surface area contributed by atoms with Crippen LogP contribution in [-0.2, 0) is 0 Å². The average Bonchev–Trinajstić information content (AvgIpc) is 3.94. The van der Waals surface area contributed by atoms with Gasteiger partial charge >= 0.3 is 0 Å². The summed E-state index contributed by atoms with van der Waals surface area (Å²) in [6.07, 6.45) is 1.99. The first-order valence-electron chi connectivity index (χ1n) is 19.2. The van der Waals surface area contributed by atoms with Crippen LogP contribution >= 0.6 is 11.3 Å². The summed E-state index contributed by atoms with van der Waals surface area (Å²) in [4.78, 5) is 10.2. The van der Waals surface area contributed by atoms with Crippen LogP contribution in [0.2, 0.25) is 0 Å². The number of para-hydroxylation sites is 4. The smallest absolute Gasteiger partial charge is 0.235 e. The van der Waals surface area contributed by atoms with Crippen LogP contribution in [0.15, 0.2) is 194 Å². The first-order valence-corrected chi connectivity index (χ1v) is 20.1. The summed E-state index contributed by atoms with van der Waals surface area (Å²) >= 11 is 1.74. The molecule has 0 unspecified atom stereocenters. The van der Waals surface area contributed by atoms with Gasteiger partial charge in [0.1, 0.15) is 0 Å². The molecule has 0 amide bonds. The second-order valence-electron chi connectivity index (χ2n) is 14.6. The van der Waals surface area contributed by atoms with Crippen molar-refractivity contribution in [3.8, 4) is 45.0 Å². The topological polar surface area (TPSA) is 35.6 Å². The fourth-order valence-corrected chi connectivity index (χ4v) is 9.84. The van der Waals surface area contributed by atoms with Gasteiger partial charge in [-0.2, -0.15) is 0 Å². The van der Waals surface area contributed by atoms with Gasteiger partial charge in [0.2, 0.25) is 5.95 Å². The van der Waals surface area contributed by atoms with Gasteiger partial charge in [0, 0.05) is 37.3 Å². The highest BCUT2D eigenvalue weighted by molar-refractivity contribution is 7.25. The molecule has 0 atom stereocenters. The zero-order chi connectivity index (χ0) is 37.5. The van der Waals surface area contributed by atoms with Crippen molar-refractivity contribution in [2.45, 2.75) is 0 Å². The summed E-state index contributed by atoms with van der Waals surface area (Å²) < 4.78 is 6.85. The molecule has 12 rings (SSSR count). The Kier molecular flexibility index (Phi) is 7.06. The number of hydrogen-bond donors (Lipinski definition) is 0. The van der Waals surface area contributed by atoms with E-state index >= 15 is 0 Å². The molecule has 12 aromatic rings. The molecule has 4 aromatic heterocycles. The second kappa shape index (κ2) is 12.6. The number of hydrogen-bond acceptors (Lipinski definition) is 3. The fourth-order valence-electron chi connectivity index (χ4n) is 8.84. The van der Waals surface area contributed by atoms with E-state index in [9.17, 15) is 0 Å². The van der Waals surface area contributed by atoms with Crippen LogP contribution in [0.5, 0.6) is 0 Å². The minimum absolute atomic E-state index is 0.685. The number of nitrogens with zero attached hydrogens (tertiary/aromatic N) is 4. The maximum Gasteiger partial charge on any atom is 0.235 e. The second-order valence-corrected chi connectivity index (χ2v) is 15.7. The van der Waals surface area contributed by atoms with Gasteiger partial charge in [0.15, 0.2) is 0 Å². The van der Waals surface area contributed by atoms with Gasteiger partial charge in [-0.3, -0.25) is 4.57 Å². The third kappa shape index (κ3) is 4.99. The molecule has 0 saturated heterocycles. The van der Waals surface area contributed by atoms with Crippen molar-refractivity contribution in [2.75, 3.05) is 0 Å². The van der Waals surface area contributed by atoms with Crippen molar-refractivity contribution in [3.63, 3.8) is 0 Å². The van der Waals surface area contributed by atoms with E-state index in [1.54, 1.807) is 11.3 Å². The van der Waals surface area contributed by atoms with Crippen LogP contribution in [-0.4, -0.2) is 19.1 Å². The molecule has 0 radical (unpaired) electrons. The van der Waals surface area contributed by atoms with E-state index in [4.69, 9.17) is 9.97 Å². The Bertz CT molecular complexity index is 3440. The minimum Gasteiger partial charge on any atom is -0.309 e. The van der Waals surface area contributed by atoms with Gasteiger partial charge < -0.3 is 4.57 Å². The average molecular weight is 745 g/mol. The third-order valence-electron chi connectivity index (χ3n) is 11.4. The molecular weight excluding hydrogens is 713 g/mol. The minimum atomic E-state index is 0.685. The lowest BCUT2D eigenvalue weighted by atomic mass is 9.92. The molecule has 0 spiro atoms. The maximum atomic E-state index is 5.29. The predicted octanol–water partition coefficient (Wildman–Crippen LogP) is 14.0. The van der Waals surface area contributed by atoms with Gasteiger partial charge in [-0.1, -0.05) is 133 Å². The molecule has 0 aliphatic rings. The van der Waals surface area contributed by atoms with Gasteiger partial charge in [0.05, 0.1) is 38.5 Å². The summed E-state index contributed by atoms with van der Waals surface area (Å²) in [5.41, 5.74) is 13.8. The van der Waals surface area contributed by atoms with Crippen molar-refractivity contribution in [1.29, 1.82) is 0 Å². The van der Waals surface area contributed by atoms with Crippen LogP contribution in [0.25, 0.3) is 109 Å². The quantitative estimate of drug-likeness (QED) is 0.176. The Balaban J connectivity index is 0.956. The summed E-state index contributed by atoms with van der Waals surface area (Å²) in [5, 5.41) is 6.07. The van der Waals surface area contributed by atoms with Gasteiger partial charge in [-0.25, -0.2) is 9.97 Å². The molecule has 266 valence electrons. The van der Waals surface area contributed by atoms with Crippen molar-refractivity contribution in [3.05, 3.63) is 194 Å². The number of benzene rings is 8. The molecule has 8 aromatic carbocycles. The number of rotatable bonds is 5. The van der Waals surface area contributed by atoms with Crippen LogP contribution < -0.4 is 0 Å². The zero-order valence-electron chi connectivity index (χ0n) is 30.7. The maximum absolute atomic E-state index is 5.29. The van der Waals surface area contributed by atoms with E-state index in [-0.39, 0.29) is 0 Å². The van der Waals surface area contributed by atoms with E-state index in [1.807, 2.05) is 6.20 Å². The first kappa shape index (κ1) is 32.0. The normalized spacial score (nSPS) is 11.9. The standard InChI is InChI=1S/C52H32N4S/c1-2-18-39(36-27-28-49-44(31-36)51-50(57-49)32-53-52(54-51)56-47-25-9-5-21-42(47)43-22-6-10-26-48(43)56)38(17-1)35-15-11-13-33(29-35)34-14-12-16-37(30-34)55-45-23-7-3-19-40(45)41-20-4-8-24-46(41)55/h1-32H. The first-order chi connectivity index (χ1) is 28.3. The molecule has 0 N–H and O–H groups in total. The zero-order valence-corrected chi connectivity index (χ0v) is 31.5. The van der Waals surface area contributed by atoms with Gasteiger partial charge in [-0.15, -0.1) is 11.3 Å². The van der Waals surface area contributed by atoms with Crippen molar-refractivity contribution < 1.29 is 0 Å². The predicted molar refractivity (Wildman–Crippen MR) is 240 cm³/mol. The molecular formula is C52H32N4S. The lowest BCUT2D eigenvalue weighted by Crippen LogP contribution is -2.00. The monoisotopic (exact) mass is 744 g/mol. The largest absolute Gasteiger partial charge is 0.309 e. The molecule has 0 aliphatic heterocycles. The van der Waals surface area contributed by atoms with Crippen LogP contribution in [0.1, 0.15) is 0 Å². The highest BCUT2D eigenvalue weighted by Gasteiger charge is 2.18. The summed E-state index contributed by atoms with van der Waals surface area (Å²) in [6, 6.07) is 67.8. The van der Waals surface area contributed by atoms with Crippen LogP contribution in [0.4, 0.5) is 0 Å². The third-order valence-corrected chi connectivity index (χ3v) is 12.5. The van der Waals surface area contributed by atoms with E-state index in [0.717, 1.165) is 37.9 Å². The van der Waals surface area contributed by atoms with Crippen LogP contribution in [0.3, 0.4) is 0 Å². The lowest BCUT2D eigenvalue weighted by molar-refractivity contribution is 1.01. The Morgan fingerprint density at radius 3 is 1.51 bits per heavy atom. The summed E-state index contributed by atoms with van der Waals surface area (Å²) in [7, 11) is 0. The van der Waals surface area contributed by atoms with Crippen LogP contribution in [0, 0.1) is 0 Å². The van der Waals surface area contributed by atoms with Crippen molar-refractivity contribution in [1.82, 2.24) is 19.1 Å². The van der Waals surface area contributed by atoms with E-state index in [1.165, 1.54) is 65.1 Å². The number of thiophene rings is 1. The molecule has 0 fully saturated rings. The Labute approximate surface area is 332 Å². The highest BCUT2D eigenvalue weighted by Crippen LogP contribution is 2.40. The fraction of sp³-hybridized carbons (Fsp3) is 0. The van der Waals surface area contributed by atoms with Gasteiger partial charge in [0.25, 0.3) is 0 Å². The number of aromatic nitrogens is 4. The summed E-state index contributed by atoms with van der Waals surface area (Å²) in [6.45, 7) is 0. The van der Waals surface area contributed by atoms with Gasteiger partial charge in [-0.05, 0) is 88.0 Å². The van der Waals surface area contributed by atoms with Crippen molar-refractivity contribution >= 4 is 75.3 Å². The SMILES string of the molecule is c1cc(-c2cccc(-n3c4ccccc4c4ccccc43)c2)cc(-c2ccccc2-c2ccc3sc4cnc(-n5c6ccccc6c6ccccc65)nc4c3c2)c1. The Hall–Kier alpha value is -7.34. The highest BCUT2D eigenvalue weighted by atomic mass is 32.1. The molecule has 57 heavy (non-hydrogen) atoms. The molecule has 0 bridgehead atoms. The molecule has 0 saturated carbocycles. The molecule has 4 heterocycles. The molecule has 4 nitrogen and oxygen atoms in total.